The lowest BCUT2D eigenvalue weighted by Crippen LogP contribution is -2.33. The molecule has 32 heavy (non-hydrogen) atoms. The summed E-state index contributed by atoms with van der Waals surface area (Å²) in [5.41, 5.74) is 10.4. The summed E-state index contributed by atoms with van der Waals surface area (Å²) in [5.74, 6) is 0. The first-order chi connectivity index (χ1) is 13.8. The lowest BCUT2D eigenvalue weighted by molar-refractivity contribution is 0.161. The number of aryl methyl sites for hydroxylation is 1. The first kappa shape index (κ1) is 30.6. The zero-order valence-electron chi connectivity index (χ0n) is 17.9. The Hall–Kier alpha value is -1.41. The van der Waals surface area contributed by atoms with Crippen LogP contribution in [0.1, 0.15) is 48.7 Å². The van der Waals surface area contributed by atoms with Crippen LogP contribution in [-0.2, 0) is 13.0 Å². The second-order valence-electron chi connectivity index (χ2n) is 7.41. The van der Waals surface area contributed by atoms with Gasteiger partial charge in [0.25, 0.3) is 0 Å². The van der Waals surface area contributed by atoms with Crippen LogP contribution in [-0.4, -0.2) is 38.0 Å². The molecule has 1 unspecified atom stereocenters. The molecule has 0 radical (unpaired) electrons. The van der Waals surface area contributed by atoms with Crippen molar-refractivity contribution in [3.05, 3.63) is 71.8 Å². The first-order valence-electron chi connectivity index (χ1n) is 10.2. The number of hydrogen-bond donors (Lipinski definition) is 1. The van der Waals surface area contributed by atoms with Crippen molar-refractivity contribution in [1.29, 1.82) is 0 Å². The fraction of sp³-hybridized carbons (Fsp3) is 0.409. The highest BCUT2D eigenvalue weighted by Gasteiger charge is 2.27. The number of benzene rings is 1. The predicted octanol–water partition coefficient (Wildman–Crippen LogP) is 4.97. The Morgan fingerprint density at radius 3 is 2.53 bits per heavy atom. The van der Waals surface area contributed by atoms with Crippen molar-refractivity contribution in [2.24, 2.45) is 5.73 Å². The molecule has 0 fully saturated rings. The zero-order valence-corrected chi connectivity index (χ0v) is 21.1. The third kappa shape index (κ3) is 7.58. The first-order valence-corrected chi connectivity index (χ1v) is 10.2. The van der Waals surface area contributed by atoms with Crippen molar-refractivity contribution in [3.63, 3.8) is 0 Å². The van der Waals surface area contributed by atoms with Gasteiger partial charge >= 0.3 is 0 Å². The van der Waals surface area contributed by atoms with Gasteiger partial charge in [0.15, 0.2) is 0 Å². The fourth-order valence-electron chi connectivity index (χ4n) is 4.03. The topological polar surface area (TPSA) is 72.9 Å². The fourth-order valence-corrected chi connectivity index (χ4v) is 4.03. The number of unbranched alkanes of at least 4 members (excludes halogenated alkanes) is 1. The van der Waals surface area contributed by atoms with Crippen LogP contribution in [0, 0.1) is 0 Å². The van der Waals surface area contributed by atoms with Crippen LogP contribution < -0.4 is 5.73 Å². The van der Waals surface area contributed by atoms with E-state index < -0.39 is 0 Å². The van der Waals surface area contributed by atoms with Gasteiger partial charge in [0.2, 0.25) is 0 Å². The van der Waals surface area contributed by atoms with Gasteiger partial charge < -0.3 is 5.73 Å². The summed E-state index contributed by atoms with van der Waals surface area (Å²) < 4.78 is 1.85. The molecule has 6 nitrogen and oxygen atoms in total. The smallest absolute Gasteiger partial charge is 0.0972 e. The lowest BCUT2D eigenvalue weighted by Gasteiger charge is -2.34. The minimum Gasteiger partial charge on any atom is -0.330 e. The molecule has 0 amide bonds. The Labute approximate surface area is 215 Å². The molecule has 1 atom stereocenters. The van der Waals surface area contributed by atoms with Gasteiger partial charge in [-0.15, -0.1) is 54.7 Å². The summed E-state index contributed by atoms with van der Waals surface area (Å²) >= 11 is 0. The highest BCUT2D eigenvalue weighted by Crippen LogP contribution is 2.33. The van der Waals surface area contributed by atoms with Gasteiger partial charge in [-0.05, 0) is 69.0 Å². The summed E-state index contributed by atoms with van der Waals surface area (Å²) in [4.78, 5) is 7.25. The molecular weight excluding hydrogens is 490 g/mol. The van der Waals surface area contributed by atoms with Crippen LogP contribution in [0.15, 0.2) is 54.9 Å². The molecule has 1 aromatic carbocycles. The van der Waals surface area contributed by atoms with E-state index in [-0.39, 0.29) is 49.6 Å². The maximum atomic E-state index is 5.73. The molecule has 1 aliphatic carbocycles. The molecule has 10 heteroatoms. The number of aromatic nitrogens is 4. The molecule has 2 N–H and O–H groups in total. The number of rotatable bonds is 8. The normalized spacial score (nSPS) is 14.2. The van der Waals surface area contributed by atoms with Crippen molar-refractivity contribution >= 4 is 49.6 Å². The number of hydrogen-bond acceptors (Lipinski definition) is 5. The Kier molecular flexibility index (Phi) is 14.8. The Morgan fingerprint density at radius 2 is 1.78 bits per heavy atom. The highest BCUT2D eigenvalue weighted by molar-refractivity contribution is 5.86. The maximum Gasteiger partial charge on any atom is 0.0972 e. The number of nitrogens with two attached hydrogens (primary N) is 1. The van der Waals surface area contributed by atoms with Crippen LogP contribution in [0.5, 0.6) is 0 Å². The molecule has 0 aliphatic heterocycles. The Morgan fingerprint density at radius 1 is 1.00 bits per heavy atom. The van der Waals surface area contributed by atoms with Gasteiger partial charge in [-0.2, -0.15) is 0 Å². The zero-order chi connectivity index (χ0) is 19.2. The van der Waals surface area contributed by atoms with Crippen molar-refractivity contribution in [2.45, 2.75) is 44.7 Å². The molecule has 3 aromatic rings. The second kappa shape index (κ2) is 15.4. The number of nitrogens with zero attached hydrogens (tertiary/aromatic N) is 5. The Bertz CT molecular complexity index is 893. The van der Waals surface area contributed by atoms with Crippen LogP contribution in [0.4, 0.5) is 0 Å². The molecule has 1 aliphatic rings. The van der Waals surface area contributed by atoms with E-state index in [4.69, 9.17) is 10.7 Å². The van der Waals surface area contributed by atoms with Crippen molar-refractivity contribution < 1.29 is 0 Å². The van der Waals surface area contributed by atoms with Gasteiger partial charge in [0, 0.05) is 12.7 Å². The number of fused-ring (bicyclic) bond motifs is 1. The molecule has 0 saturated heterocycles. The summed E-state index contributed by atoms with van der Waals surface area (Å²) in [7, 11) is 0. The van der Waals surface area contributed by atoms with Crippen LogP contribution in [0.25, 0.3) is 5.69 Å². The quantitative estimate of drug-likeness (QED) is 0.423. The molecule has 0 saturated carbocycles. The van der Waals surface area contributed by atoms with Gasteiger partial charge in [0.1, 0.15) is 0 Å². The highest BCUT2D eigenvalue weighted by atomic mass is 35.5. The molecule has 178 valence electrons. The van der Waals surface area contributed by atoms with E-state index >= 15 is 0 Å². The molecule has 0 bridgehead atoms. The number of para-hydroxylation sites is 1. The minimum absolute atomic E-state index is 0. The van der Waals surface area contributed by atoms with E-state index in [9.17, 15) is 0 Å². The Balaban J connectivity index is 0.00000240. The van der Waals surface area contributed by atoms with E-state index in [0.29, 0.717) is 6.04 Å². The van der Waals surface area contributed by atoms with E-state index in [1.54, 1.807) is 0 Å². The largest absolute Gasteiger partial charge is 0.330 e. The van der Waals surface area contributed by atoms with Crippen LogP contribution >= 0.6 is 49.6 Å². The molecular formula is C22H32Cl4N6. The summed E-state index contributed by atoms with van der Waals surface area (Å²) in [6.45, 7) is 2.51. The van der Waals surface area contributed by atoms with E-state index in [1.807, 2.05) is 53.5 Å². The SMILES string of the molecule is Cl.Cl.Cl.Cl.NCCCCN(Cc1cn(-c2ccccc2)nn1)C1CCCc2cccnc21. The van der Waals surface area contributed by atoms with Gasteiger partial charge in [-0.25, -0.2) is 4.68 Å². The standard InChI is InChI=1S/C22H28N6.4ClH/c23-13-4-5-15-27(21-12-6-8-18-9-7-14-24-22(18)21)16-19-17-28(26-25-19)20-10-2-1-3-11-20;;;;/h1-3,7,9-11,14,17,21H,4-6,8,12-13,15-16,23H2;4*1H. The van der Waals surface area contributed by atoms with Crippen molar-refractivity contribution in [3.8, 4) is 5.69 Å². The van der Waals surface area contributed by atoms with Gasteiger partial charge in [-0.1, -0.05) is 29.5 Å². The summed E-state index contributed by atoms with van der Waals surface area (Å²) in [5, 5.41) is 8.77. The van der Waals surface area contributed by atoms with Gasteiger partial charge in [-0.3, -0.25) is 9.88 Å². The second-order valence-corrected chi connectivity index (χ2v) is 7.41. The minimum atomic E-state index is 0. The van der Waals surface area contributed by atoms with Crippen LogP contribution in [0.3, 0.4) is 0 Å². The molecule has 4 rings (SSSR count). The number of halogens is 4. The third-order valence-electron chi connectivity index (χ3n) is 5.43. The summed E-state index contributed by atoms with van der Waals surface area (Å²) in [6, 6.07) is 14.7. The van der Waals surface area contributed by atoms with Crippen LogP contribution in [0.2, 0.25) is 0 Å². The number of pyridine rings is 1. The maximum absolute atomic E-state index is 5.73. The van der Waals surface area contributed by atoms with Crippen molar-refractivity contribution in [1.82, 2.24) is 24.9 Å². The van der Waals surface area contributed by atoms with Crippen molar-refractivity contribution in [2.75, 3.05) is 13.1 Å². The average molecular weight is 522 g/mol. The van der Waals surface area contributed by atoms with Gasteiger partial charge in [0.05, 0.1) is 29.3 Å². The van der Waals surface area contributed by atoms with E-state index in [0.717, 1.165) is 56.7 Å². The predicted molar refractivity (Wildman–Crippen MR) is 139 cm³/mol. The lowest BCUT2D eigenvalue weighted by atomic mass is 9.90. The summed E-state index contributed by atoms with van der Waals surface area (Å²) in [6.07, 6.45) is 9.54. The monoisotopic (exact) mass is 520 g/mol. The third-order valence-corrected chi connectivity index (χ3v) is 5.43. The molecule has 2 heterocycles. The van der Waals surface area contributed by atoms with E-state index in [1.165, 1.54) is 17.7 Å². The van der Waals surface area contributed by atoms with E-state index in [2.05, 4.69) is 21.3 Å². The average Bonchev–Trinajstić information content (AvgIpc) is 3.22. The molecule has 0 spiro atoms. The molecule has 2 aromatic heterocycles.